The zero-order chi connectivity index (χ0) is 13.2. The van der Waals surface area contributed by atoms with Crippen LogP contribution in [0.5, 0.6) is 0 Å². The molecule has 1 aliphatic carbocycles. The third-order valence-corrected chi connectivity index (χ3v) is 3.91. The van der Waals surface area contributed by atoms with Crippen LogP contribution in [0, 0.1) is 0 Å². The smallest absolute Gasteiger partial charge is 0.161 e. The first-order valence-electron chi connectivity index (χ1n) is 6.63. The van der Waals surface area contributed by atoms with Gasteiger partial charge in [-0.25, -0.2) is 9.97 Å². The molecule has 1 aromatic carbocycles. The van der Waals surface area contributed by atoms with Gasteiger partial charge in [-0.3, -0.25) is 0 Å². The summed E-state index contributed by atoms with van der Waals surface area (Å²) in [6.07, 6.45) is 4.46. The summed E-state index contributed by atoms with van der Waals surface area (Å²) in [7, 11) is 0. The van der Waals surface area contributed by atoms with E-state index in [1.165, 1.54) is 18.4 Å². The minimum atomic E-state index is 0.461. The second-order valence-corrected chi connectivity index (χ2v) is 5.22. The monoisotopic (exact) mass is 273 g/mol. The van der Waals surface area contributed by atoms with Crippen molar-refractivity contribution in [3.05, 3.63) is 46.2 Å². The number of halogens is 1. The average molecular weight is 274 g/mol. The Morgan fingerprint density at radius 1 is 1.11 bits per heavy atom. The summed E-state index contributed by atoms with van der Waals surface area (Å²) in [4.78, 5) is 9.32. The van der Waals surface area contributed by atoms with E-state index >= 15 is 0 Å². The van der Waals surface area contributed by atoms with E-state index in [9.17, 15) is 0 Å². The molecule has 2 N–H and O–H groups in total. The molecule has 3 nitrogen and oxygen atoms in total. The second kappa shape index (κ2) is 5.27. The maximum Gasteiger partial charge on any atom is 0.161 e. The molecule has 0 unspecified atom stereocenters. The lowest BCUT2D eigenvalue weighted by Gasteiger charge is -2.18. The van der Waals surface area contributed by atoms with Gasteiger partial charge in [0.25, 0.3) is 0 Å². The van der Waals surface area contributed by atoms with Crippen LogP contribution in [0.4, 0.5) is 0 Å². The highest BCUT2D eigenvalue weighted by atomic mass is 35.5. The van der Waals surface area contributed by atoms with Gasteiger partial charge in [-0.15, -0.1) is 0 Å². The molecule has 0 fully saturated rings. The molecule has 0 spiro atoms. The maximum absolute atomic E-state index is 6.23. The first kappa shape index (κ1) is 12.6. The molecule has 0 radical (unpaired) electrons. The Morgan fingerprint density at radius 3 is 2.68 bits per heavy atom. The number of hydrogen-bond acceptors (Lipinski definition) is 3. The van der Waals surface area contributed by atoms with Crippen LogP contribution < -0.4 is 5.73 Å². The van der Waals surface area contributed by atoms with Gasteiger partial charge in [0.05, 0.1) is 10.7 Å². The molecule has 0 bridgehead atoms. The molecular formula is C15H16ClN3. The first-order chi connectivity index (χ1) is 9.29. The molecule has 0 amide bonds. The Bertz CT molecular complexity index is 593. The standard InChI is InChI=1S/C15H16ClN3/c16-12-7-3-1-5-10(12)15-18-13-8-4-2-6-11(13)14(9-17)19-15/h1,3,5,7H,2,4,6,8-9,17H2. The highest BCUT2D eigenvalue weighted by molar-refractivity contribution is 6.33. The molecule has 4 heteroatoms. The highest BCUT2D eigenvalue weighted by Gasteiger charge is 2.18. The molecule has 0 atom stereocenters. The van der Waals surface area contributed by atoms with Gasteiger partial charge in [-0.1, -0.05) is 23.7 Å². The predicted molar refractivity (Wildman–Crippen MR) is 77.0 cm³/mol. The van der Waals surface area contributed by atoms with Gasteiger partial charge >= 0.3 is 0 Å². The second-order valence-electron chi connectivity index (χ2n) is 4.81. The van der Waals surface area contributed by atoms with E-state index in [1.807, 2.05) is 24.3 Å². The zero-order valence-electron chi connectivity index (χ0n) is 10.7. The first-order valence-corrected chi connectivity index (χ1v) is 7.01. The molecule has 3 rings (SSSR count). The lowest BCUT2D eigenvalue weighted by molar-refractivity contribution is 0.652. The van der Waals surface area contributed by atoms with Gasteiger partial charge < -0.3 is 5.73 Å². The Balaban J connectivity index is 2.15. The molecule has 1 heterocycles. The van der Waals surface area contributed by atoms with Gasteiger partial charge in [-0.2, -0.15) is 0 Å². The fraction of sp³-hybridized carbons (Fsp3) is 0.333. The topological polar surface area (TPSA) is 51.8 Å². The number of rotatable bonds is 2. The van der Waals surface area contributed by atoms with Crippen LogP contribution >= 0.6 is 11.6 Å². The third kappa shape index (κ3) is 2.36. The molecule has 0 saturated heterocycles. The summed E-state index contributed by atoms with van der Waals surface area (Å²) in [6, 6.07) is 7.68. The van der Waals surface area contributed by atoms with E-state index in [-0.39, 0.29) is 0 Å². The number of aryl methyl sites for hydroxylation is 1. The fourth-order valence-electron chi connectivity index (χ4n) is 2.60. The molecule has 0 aliphatic heterocycles. The summed E-state index contributed by atoms with van der Waals surface area (Å²) in [5.41, 5.74) is 10.1. The summed E-state index contributed by atoms with van der Waals surface area (Å²) in [6.45, 7) is 0.461. The lowest BCUT2D eigenvalue weighted by Crippen LogP contribution is -2.14. The average Bonchev–Trinajstić information content (AvgIpc) is 2.46. The van der Waals surface area contributed by atoms with Crippen molar-refractivity contribution in [2.75, 3.05) is 0 Å². The third-order valence-electron chi connectivity index (χ3n) is 3.58. The van der Waals surface area contributed by atoms with Crippen LogP contribution in [0.1, 0.15) is 29.8 Å². The van der Waals surface area contributed by atoms with Crippen molar-refractivity contribution < 1.29 is 0 Å². The summed E-state index contributed by atoms with van der Waals surface area (Å²) < 4.78 is 0. The molecular weight excluding hydrogens is 258 g/mol. The van der Waals surface area contributed by atoms with Crippen molar-refractivity contribution in [1.82, 2.24) is 9.97 Å². The minimum absolute atomic E-state index is 0.461. The molecule has 0 saturated carbocycles. The Hall–Kier alpha value is -1.45. The van der Waals surface area contributed by atoms with Crippen LogP contribution in [0.25, 0.3) is 11.4 Å². The van der Waals surface area contributed by atoms with Gasteiger partial charge in [0.1, 0.15) is 0 Å². The quantitative estimate of drug-likeness (QED) is 0.915. The van der Waals surface area contributed by atoms with Gasteiger partial charge in [0.15, 0.2) is 5.82 Å². The number of nitrogens with two attached hydrogens (primary N) is 1. The molecule has 1 aromatic heterocycles. The van der Waals surface area contributed by atoms with Crippen molar-refractivity contribution in [2.24, 2.45) is 5.73 Å². The predicted octanol–water partition coefficient (Wildman–Crippen LogP) is 3.13. The molecule has 1 aliphatic rings. The van der Waals surface area contributed by atoms with Gasteiger partial charge in [0, 0.05) is 17.8 Å². The van der Waals surface area contributed by atoms with E-state index in [1.54, 1.807) is 0 Å². The Kier molecular flexibility index (Phi) is 3.49. The molecule has 19 heavy (non-hydrogen) atoms. The SMILES string of the molecule is NCc1nc(-c2ccccc2Cl)nc2c1CCCC2. The summed E-state index contributed by atoms with van der Waals surface area (Å²) in [5.74, 6) is 0.701. The largest absolute Gasteiger partial charge is 0.325 e. The lowest BCUT2D eigenvalue weighted by atomic mass is 9.94. The van der Waals surface area contributed by atoms with E-state index in [0.29, 0.717) is 17.4 Å². The highest BCUT2D eigenvalue weighted by Crippen LogP contribution is 2.28. The van der Waals surface area contributed by atoms with Gasteiger partial charge in [0.2, 0.25) is 0 Å². The van der Waals surface area contributed by atoms with E-state index in [4.69, 9.17) is 22.3 Å². The minimum Gasteiger partial charge on any atom is -0.325 e. The summed E-state index contributed by atoms with van der Waals surface area (Å²) >= 11 is 6.23. The number of fused-ring (bicyclic) bond motifs is 1. The van der Waals surface area contributed by atoms with Crippen molar-refractivity contribution in [1.29, 1.82) is 0 Å². The zero-order valence-corrected chi connectivity index (χ0v) is 11.5. The molecule has 2 aromatic rings. The summed E-state index contributed by atoms with van der Waals surface area (Å²) in [5, 5.41) is 0.682. The van der Waals surface area contributed by atoms with Crippen molar-refractivity contribution >= 4 is 11.6 Å². The van der Waals surface area contributed by atoms with Crippen molar-refractivity contribution in [2.45, 2.75) is 32.2 Å². The van der Waals surface area contributed by atoms with Crippen LogP contribution in [0.15, 0.2) is 24.3 Å². The van der Waals surface area contributed by atoms with Crippen LogP contribution in [-0.4, -0.2) is 9.97 Å². The fourth-order valence-corrected chi connectivity index (χ4v) is 2.82. The number of benzene rings is 1. The van der Waals surface area contributed by atoms with Crippen molar-refractivity contribution in [3.8, 4) is 11.4 Å². The van der Waals surface area contributed by atoms with E-state index < -0.39 is 0 Å². The molecule has 98 valence electrons. The Morgan fingerprint density at radius 2 is 1.89 bits per heavy atom. The van der Waals surface area contributed by atoms with E-state index in [2.05, 4.69) is 4.98 Å². The number of hydrogen-bond donors (Lipinski definition) is 1. The number of nitrogens with zero attached hydrogens (tertiary/aromatic N) is 2. The van der Waals surface area contributed by atoms with Crippen molar-refractivity contribution in [3.63, 3.8) is 0 Å². The number of aromatic nitrogens is 2. The van der Waals surface area contributed by atoms with Crippen LogP contribution in [0.3, 0.4) is 0 Å². The van der Waals surface area contributed by atoms with Crippen LogP contribution in [-0.2, 0) is 19.4 Å². The maximum atomic E-state index is 6.23. The van der Waals surface area contributed by atoms with Gasteiger partial charge in [-0.05, 0) is 43.4 Å². The normalized spacial score (nSPS) is 14.2. The van der Waals surface area contributed by atoms with Crippen LogP contribution in [0.2, 0.25) is 5.02 Å². The van der Waals surface area contributed by atoms with E-state index in [0.717, 1.165) is 29.8 Å². The Labute approximate surface area is 117 Å².